The van der Waals surface area contributed by atoms with E-state index in [1.54, 1.807) is 0 Å². The van der Waals surface area contributed by atoms with E-state index in [1.807, 2.05) is 0 Å². The first-order chi connectivity index (χ1) is 6.54. The van der Waals surface area contributed by atoms with Crippen LogP contribution < -0.4 is 0 Å². The SMILES string of the molecule is O=C(O)C(S)C(CO)(CO)CCCO. The van der Waals surface area contributed by atoms with Crippen molar-refractivity contribution in [2.24, 2.45) is 5.41 Å². The summed E-state index contributed by atoms with van der Waals surface area (Å²) in [5, 5.41) is 34.3. The maximum atomic E-state index is 10.7. The zero-order chi connectivity index (χ0) is 11.2. The number of hydrogen-bond donors (Lipinski definition) is 5. The molecule has 0 spiro atoms. The van der Waals surface area contributed by atoms with Gasteiger partial charge in [-0.05, 0) is 12.8 Å². The molecule has 1 unspecified atom stereocenters. The maximum absolute atomic E-state index is 10.7. The molecule has 4 N–H and O–H groups in total. The van der Waals surface area contributed by atoms with E-state index in [0.29, 0.717) is 6.42 Å². The molecule has 0 bridgehead atoms. The van der Waals surface area contributed by atoms with Crippen molar-refractivity contribution >= 4 is 18.6 Å². The Bertz CT molecular complexity index is 181. The second kappa shape index (κ2) is 6.23. The summed E-state index contributed by atoms with van der Waals surface area (Å²) >= 11 is 3.84. The number of hydrogen-bond acceptors (Lipinski definition) is 5. The van der Waals surface area contributed by atoms with Crippen molar-refractivity contribution in [3.05, 3.63) is 0 Å². The van der Waals surface area contributed by atoms with Gasteiger partial charge in [0.05, 0.1) is 13.2 Å². The van der Waals surface area contributed by atoms with Crippen LogP contribution in [0.1, 0.15) is 12.8 Å². The minimum atomic E-state index is -1.19. The highest BCUT2D eigenvalue weighted by molar-refractivity contribution is 7.81. The molecule has 0 aromatic heterocycles. The number of carboxylic acid groups (broad SMARTS) is 1. The molecule has 0 radical (unpaired) electrons. The lowest BCUT2D eigenvalue weighted by atomic mass is 9.81. The summed E-state index contributed by atoms with van der Waals surface area (Å²) in [6.45, 7) is -1.05. The molecular formula is C8H16O5S. The first-order valence-corrected chi connectivity index (χ1v) is 4.79. The van der Waals surface area contributed by atoms with Crippen molar-refractivity contribution < 1.29 is 25.2 Å². The van der Waals surface area contributed by atoms with Crippen LogP contribution >= 0.6 is 12.6 Å². The van der Waals surface area contributed by atoms with Gasteiger partial charge in [-0.3, -0.25) is 4.79 Å². The molecule has 6 heteroatoms. The molecule has 0 aliphatic carbocycles. The highest BCUT2D eigenvalue weighted by Gasteiger charge is 2.39. The Balaban J connectivity index is 4.58. The summed E-state index contributed by atoms with van der Waals surface area (Å²) in [7, 11) is 0. The molecule has 0 saturated heterocycles. The van der Waals surface area contributed by atoms with Crippen LogP contribution in [0.25, 0.3) is 0 Å². The molecule has 0 fully saturated rings. The zero-order valence-electron chi connectivity index (χ0n) is 7.76. The van der Waals surface area contributed by atoms with Gasteiger partial charge in [-0.25, -0.2) is 0 Å². The maximum Gasteiger partial charge on any atom is 0.317 e. The first-order valence-electron chi connectivity index (χ1n) is 4.27. The average molecular weight is 224 g/mol. The Hall–Kier alpha value is -0.300. The van der Waals surface area contributed by atoms with Crippen LogP contribution in [0.4, 0.5) is 0 Å². The van der Waals surface area contributed by atoms with E-state index in [9.17, 15) is 4.79 Å². The minimum absolute atomic E-state index is 0.109. The van der Waals surface area contributed by atoms with Gasteiger partial charge in [0.1, 0.15) is 5.25 Å². The van der Waals surface area contributed by atoms with Crippen molar-refractivity contribution in [2.75, 3.05) is 19.8 Å². The first kappa shape index (κ1) is 13.7. The van der Waals surface area contributed by atoms with Crippen LogP contribution in [-0.4, -0.2) is 51.5 Å². The lowest BCUT2D eigenvalue weighted by Crippen LogP contribution is -2.43. The van der Waals surface area contributed by atoms with E-state index in [4.69, 9.17) is 20.4 Å². The summed E-state index contributed by atoms with van der Waals surface area (Å²) in [6.07, 6.45) is 0.544. The van der Waals surface area contributed by atoms with E-state index < -0.39 is 29.8 Å². The molecule has 14 heavy (non-hydrogen) atoms. The average Bonchev–Trinajstić information content (AvgIpc) is 2.19. The van der Waals surface area contributed by atoms with Gasteiger partial charge >= 0.3 is 5.97 Å². The molecule has 0 aliphatic heterocycles. The van der Waals surface area contributed by atoms with E-state index in [-0.39, 0.29) is 13.0 Å². The van der Waals surface area contributed by atoms with Gasteiger partial charge in [0.25, 0.3) is 0 Å². The van der Waals surface area contributed by atoms with Crippen LogP contribution in [-0.2, 0) is 4.79 Å². The fraction of sp³-hybridized carbons (Fsp3) is 0.875. The number of aliphatic hydroxyl groups excluding tert-OH is 3. The molecule has 5 nitrogen and oxygen atoms in total. The quantitative estimate of drug-likeness (QED) is 0.361. The fourth-order valence-corrected chi connectivity index (χ4v) is 1.50. The standard InChI is InChI=1S/C8H16O5S/c9-3-1-2-8(4-10,5-11)6(14)7(12)13/h6,9-11,14H,1-5H2,(H,12,13). The van der Waals surface area contributed by atoms with Gasteiger partial charge in [0, 0.05) is 12.0 Å². The lowest BCUT2D eigenvalue weighted by molar-refractivity contribution is -0.140. The molecule has 0 aromatic rings. The van der Waals surface area contributed by atoms with E-state index >= 15 is 0 Å². The summed E-state index contributed by atoms with van der Waals surface area (Å²) in [6, 6.07) is 0. The van der Waals surface area contributed by atoms with E-state index in [2.05, 4.69) is 12.6 Å². The topological polar surface area (TPSA) is 98.0 Å². The summed E-state index contributed by atoms with van der Waals surface area (Å²) in [5.74, 6) is -1.19. The van der Waals surface area contributed by atoms with Crippen molar-refractivity contribution in [2.45, 2.75) is 18.1 Å². The lowest BCUT2D eigenvalue weighted by Gasteiger charge is -2.32. The normalized spacial score (nSPS) is 14.0. The Morgan fingerprint density at radius 1 is 1.29 bits per heavy atom. The van der Waals surface area contributed by atoms with Crippen molar-refractivity contribution in [3.8, 4) is 0 Å². The van der Waals surface area contributed by atoms with Gasteiger partial charge in [-0.1, -0.05) is 0 Å². The Morgan fingerprint density at radius 2 is 1.79 bits per heavy atom. The second-order valence-corrected chi connectivity index (χ2v) is 3.76. The van der Waals surface area contributed by atoms with Crippen LogP contribution in [0.5, 0.6) is 0 Å². The minimum Gasteiger partial charge on any atom is -0.480 e. The van der Waals surface area contributed by atoms with Gasteiger partial charge in [0.15, 0.2) is 0 Å². The third kappa shape index (κ3) is 3.13. The number of thiol groups is 1. The molecule has 0 amide bonds. The van der Waals surface area contributed by atoms with Crippen LogP contribution in [0.2, 0.25) is 0 Å². The largest absolute Gasteiger partial charge is 0.480 e. The van der Waals surface area contributed by atoms with Crippen molar-refractivity contribution in [3.63, 3.8) is 0 Å². The predicted octanol–water partition coefficient (Wildman–Crippen LogP) is -0.887. The monoisotopic (exact) mass is 224 g/mol. The number of aliphatic carboxylic acids is 1. The van der Waals surface area contributed by atoms with Crippen molar-refractivity contribution in [1.29, 1.82) is 0 Å². The number of rotatable bonds is 7. The fourth-order valence-electron chi connectivity index (χ4n) is 1.21. The Kier molecular flexibility index (Phi) is 6.10. The Labute approximate surface area is 87.8 Å². The van der Waals surface area contributed by atoms with Gasteiger partial charge in [0.2, 0.25) is 0 Å². The smallest absolute Gasteiger partial charge is 0.317 e. The summed E-state index contributed by atoms with van der Waals surface area (Å²) < 4.78 is 0. The van der Waals surface area contributed by atoms with E-state index in [0.717, 1.165) is 0 Å². The Morgan fingerprint density at radius 3 is 2.07 bits per heavy atom. The number of carbonyl (C=O) groups is 1. The molecule has 0 rings (SSSR count). The van der Waals surface area contributed by atoms with Gasteiger partial charge < -0.3 is 20.4 Å². The molecule has 0 aromatic carbocycles. The third-order valence-corrected chi connectivity index (χ3v) is 3.05. The van der Waals surface area contributed by atoms with Crippen LogP contribution in [0.15, 0.2) is 0 Å². The molecule has 84 valence electrons. The molecule has 0 heterocycles. The number of carboxylic acids is 1. The van der Waals surface area contributed by atoms with Gasteiger partial charge in [-0.15, -0.1) is 0 Å². The molecule has 1 atom stereocenters. The van der Waals surface area contributed by atoms with Crippen molar-refractivity contribution in [1.82, 2.24) is 0 Å². The van der Waals surface area contributed by atoms with Gasteiger partial charge in [-0.2, -0.15) is 12.6 Å². The second-order valence-electron chi connectivity index (χ2n) is 3.25. The number of aliphatic hydroxyl groups is 3. The summed E-state index contributed by atoms with van der Waals surface area (Å²) in [4.78, 5) is 10.7. The third-order valence-electron chi connectivity index (χ3n) is 2.28. The molecular weight excluding hydrogens is 208 g/mol. The van der Waals surface area contributed by atoms with E-state index in [1.165, 1.54) is 0 Å². The highest BCUT2D eigenvalue weighted by atomic mass is 32.1. The molecule has 0 aliphatic rings. The highest BCUT2D eigenvalue weighted by Crippen LogP contribution is 2.31. The summed E-state index contributed by atoms with van der Waals surface area (Å²) in [5.41, 5.74) is -1.17. The predicted molar refractivity (Wildman–Crippen MR) is 53.3 cm³/mol. The zero-order valence-corrected chi connectivity index (χ0v) is 8.65. The molecule has 0 saturated carbocycles. The van der Waals surface area contributed by atoms with Crippen LogP contribution in [0, 0.1) is 5.41 Å². The van der Waals surface area contributed by atoms with Crippen LogP contribution in [0.3, 0.4) is 0 Å².